The first-order chi connectivity index (χ1) is 13.1. The zero-order valence-corrected chi connectivity index (χ0v) is 15.9. The van der Waals surface area contributed by atoms with E-state index in [1.165, 1.54) is 0 Å². The minimum Gasteiger partial charge on any atom is -0.454 e. The number of benzene rings is 1. The number of hydrogen-bond acceptors (Lipinski definition) is 6. The molecule has 0 bridgehead atoms. The molecule has 1 saturated heterocycles. The summed E-state index contributed by atoms with van der Waals surface area (Å²) in [7, 11) is 0. The van der Waals surface area contributed by atoms with Crippen molar-refractivity contribution < 1.29 is 19.1 Å². The molecule has 3 heterocycles. The predicted molar refractivity (Wildman–Crippen MR) is 99.5 cm³/mol. The number of thiazole rings is 1. The Labute approximate surface area is 161 Å². The monoisotopic (exact) mass is 387 g/mol. The molecule has 0 aliphatic carbocycles. The standard InChI is InChI=1S/C19H21N3O4S/c1-2-17-21-13(10-27-17)8-20-19(24)14-4-6-18(23)22(14)9-12-3-5-15-16(7-12)26-11-25-15/h3,5,7,10,14H,2,4,6,8-9,11H2,1H3,(H,20,24). The van der Waals surface area contributed by atoms with Crippen molar-refractivity contribution in [1.82, 2.24) is 15.2 Å². The summed E-state index contributed by atoms with van der Waals surface area (Å²) in [6.45, 7) is 3.03. The van der Waals surface area contributed by atoms with E-state index >= 15 is 0 Å². The van der Waals surface area contributed by atoms with E-state index in [1.807, 2.05) is 23.6 Å². The van der Waals surface area contributed by atoms with Gasteiger partial charge in [0.25, 0.3) is 0 Å². The lowest BCUT2D eigenvalue weighted by Gasteiger charge is -2.24. The third-order valence-corrected chi connectivity index (χ3v) is 5.81. The molecule has 2 aliphatic rings. The highest BCUT2D eigenvalue weighted by Gasteiger charge is 2.36. The molecule has 0 spiro atoms. The van der Waals surface area contributed by atoms with Gasteiger partial charge >= 0.3 is 0 Å². The Morgan fingerprint density at radius 2 is 2.22 bits per heavy atom. The normalized spacial score (nSPS) is 18.2. The molecule has 1 aromatic heterocycles. The molecule has 2 aromatic rings. The molecule has 1 unspecified atom stereocenters. The number of rotatable bonds is 6. The molecular formula is C19H21N3O4S. The summed E-state index contributed by atoms with van der Waals surface area (Å²) >= 11 is 1.60. The van der Waals surface area contributed by atoms with Gasteiger partial charge in [0, 0.05) is 18.3 Å². The van der Waals surface area contributed by atoms with Crippen molar-refractivity contribution >= 4 is 23.2 Å². The predicted octanol–water partition coefficient (Wildman–Crippen LogP) is 2.24. The van der Waals surface area contributed by atoms with Crippen molar-refractivity contribution in [2.24, 2.45) is 0 Å². The fraction of sp³-hybridized carbons (Fsp3) is 0.421. The van der Waals surface area contributed by atoms with Crippen LogP contribution in [0.15, 0.2) is 23.6 Å². The molecule has 1 fully saturated rings. The van der Waals surface area contributed by atoms with Crippen LogP contribution >= 0.6 is 11.3 Å². The highest BCUT2D eigenvalue weighted by molar-refractivity contribution is 7.09. The Morgan fingerprint density at radius 3 is 3.04 bits per heavy atom. The van der Waals surface area contributed by atoms with Crippen LogP contribution in [0.1, 0.15) is 36.0 Å². The molecule has 7 nitrogen and oxygen atoms in total. The molecule has 8 heteroatoms. The van der Waals surface area contributed by atoms with Gasteiger partial charge in [-0.1, -0.05) is 13.0 Å². The van der Waals surface area contributed by atoms with Gasteiger partial charge < -0.3 is 19.7 Å². The maximum Gasteiger partial charge on any atom is 0.243 e. The number of likely N-dealkylation sites (tertiary alicyclic amines) is 1. The van der Waals surface area contributed by atoms with Crippen molar-refractivity contribution in [3.8, 4) is 11.5 Å². The molecule has 4 rings (SSSR count). The second kappa shape index (κ2) is 7.56. The van der Waals surface area contributed by atoms with Gasteiger partial charge in [0.15, 0.2) is 11.5 Å². The van der Waals surface area contributed by atoms with Crippen LogP contribution in [0, 0.1) is 0 Å². The molecule has 27 heavy (non-hydrogen) atoms. The highest BCUT2D eigenvalue weighted by Crippen LogP contribution is 2.33. The van der Waals surface area contributed by atoms with Crippen LogP contribution in [-0.2, 0) is 29.1 Å². The van der Waals surface area contributed by atoms with Crippen LogP contribution in [0.25, 0.3) is 0 Å². The molecule has 0 radical (unpaired) electrons. The van der Waals surface area contributed by atoms with E-state index < -0.39 is 6.04 Å². The number of aryl methyl sites for hydroxylation is 1. The zero-order valence-electron chi connectivity index (χ0n) is 15.1. The number of nitrogens with zero attached hydrogens (tertiary/aromatic N) is 2. The molecule has 142 valence electrons. The zero-order chi connectivity index (χ0) is 18.8. The van der Waals surface area contributed by atoms with E-state index in [-0.39, 0.29) is 18.6 Å². The third kappa shape index (κ3) is 3.75. The summed E-state index contributed by atoms with van der Waals surface area (Å²) in [5.41, 5.74) is 1.77. The van der Waals surface area contributed by atoms with Crippen molar-refractivity contribution in [2.45, 2.75) is 45.3 Å². The maximum atomic E-state index is 12.7. The van der Waals surface area contributed by atoms with Crippen LogP contribution in [0.3, 0.4) is 0 Å². The van der Waals surface area contributed by atoms with Crippen molar-refractivity contribution in [1.29, 1.82) is 0 Å². The number of hydrogen-bond donors (Lipinski definition) is 1. The fourth-order valence-electron chi connectivity index (χ4n) is 3.33. The van der Waals surface area contributed by atoms with Crippen LogP contribution in [-0.4, -0.2) is 34.5 Å². The summed E-state index contributed by atoms with van der Waals surface area (Å²) in [6.07, 6.45) is 1.81. The average molecular weight is 387 g/mol. The lowest BCUT2D eigenvalue weighted by atomic mass is 10.1. The van der Waals surface area contributed by atoms with Crippen molar-refractivity contribution in [2.75, 3.05) is 6.79 Å². The van der Waals surface area contributed by atoms with Gasteiger partial charge in [-0.3, -0.25) is 9.59 Å². The molecular weight excluding hydrogens is 366 g/mol. The molecule has 2 amide bonds. The Morgan fingerprint density at radius 1 is 1.37 bits per heavy atom. The quantitative estimate of drug-likeness (QED) is 0.822. The summed E-state index contributed by atoms with van der Waals surface area (Å²) in [5.74, 6) is 1.24. The van der Waals surface area contributed by atoms with Gasteiger partial charge in [0.1, 0.15) is 6.04 Å². The first kappa shape index (κ1) is 17.8. The largest absolute Gasteiger partial charge is 0.454 e. The number of aromatic nitrogens is 1. The van der Waals surface area contributed by atoms with E-state index in [0.29, 0.717) is 37.4 Å². The number of ether oxygens (including phenoxy) is 2. The van der Waals surface area contributed by atoms with E-state index in [2.05, 4.69) is 17.2 Å². The smallest absolute Gasteiger partial charge is 0.243 e. The average Bonchev–Trinajstić information content (AvgIpc) is 3.40. The van der Waals surface area contributed by atoms with Gasteiger partial charge in [-0.2, -0.15) is 0 Å². The number of nitrogens with one attached hydrogen (secondary N) is 1. The topological polar surface area (TPSA) is 80.8 Å². The first-order valence-corrected chi connectivity index (χ1v) is 9.91. The highest BCUT2D eigenvalue weighted by atomic mass is 32.1. The van der Waals surface area contributed by atoms with E-state index in [0.717, 1.165) is 22.7 Å². The number of fused-ring (bicyclic) bond motifs is 1. The van der Waals surface area contributed by atoms with Gasteiger partial charge in [-0.05, 0) is 30.5 Å². The minimum atomic E-state index is -0.452. The Kier molecular flexibility index (Phi) is 4.98. The Balaban J connectivity index is 1.40. The first-order valence-electron chi connectivity index (χ1n) is 9.03. The summed E-state index contributed by atoms with van der Waals surface area (Å²) in [6, 6.07) is 5.15. The molecule has 0 saturated carbocycles. The lowest BCUT2D eigenvalue weighted by Crippen LogP contribution is -2.44. The van der Waals surface area contributed by atoms with E-state index in [4.69, 9.17) is 9.47 Å². The number of carbonyl (C=O) groups excluding carboxylic acids is 2. The van der Waals surface area contributed by atoms with Crippen LogP contribution < -0.4 is 14.8 Å². The van der Waals surface area contributed by atoms with Crippen LogP contribution in [0.5, 0.6) is 11.5 Å². The van der Waals surface area contributed by atoms with Crippen molar-refractivity contribution in [3.63, 3.8) is 0 Å². The summed E-state index contributed by atoms with van der Waals surface area (Å²) in [5, 5.41) is 5.94. The summed E-state index contributed by atoms with van der Waals surface area (Å²) in [4.78, 5) is 31.1. The van der Waals surface area contributed by atoms with Gasteiger partial charge in [-0.15, -0.1) is 11.3 Å². The fourth-order valence-corrected chi connectivity index (χ4v) is 4.07. The van der Waals surface area contributed by atoms with E-state index in [9.17, 15) is 9.59 Å². The summed E-state index contributed by atoms with van der Waals surface area (Å²) < 4.78 is 10.7. The second-order valence-corrected chi connectivity index (χ2v) is 7.51. The SMILES string of the molecule is CCc1nc(CNC(=O)C2CCC(=O)N2Cc2ccc3c(c2)OCO3)cs1. The van der Waals surface area contributed by atoms with E-state index in [1.54, 1.807) is 16.2 Å². The van der Waals surface area contributed by atoms with Crippen LogP contribution in [0.2, 0.25) is 0 Å². The van der Waals surface area contributed by atoms with Crippen LogP contribution in [0.4, 0.5) is 0 Å². The molecule has 2 aliphatic heterocycles. The van der Waals surface area contributed by atoms with Crippen molar-refractivity contribution in [3.05, 3.63) is 39.8 Å². The molecule has 1 aromatic carbocycles. The molecule has 1 atom stereocenters. The number of carbonyl (C=O) groups is 2. The minimum absolute atomic E-state index is 0.00487. The lowest BCUT2D eigenvalue weighted by molar-refractivity contribution is -0.135. The molecule has 1 N–H and O–H groups in total. The number of amides is 2. The Bertz CT molecular complexity index is 866. The third-order valence-electron chi connectivity index (χ3n) is 4.77. The maximum absolute atomic E-state index is 12.7. The Hall–Kier alpha value is -2.61. The van der Waals surface area contributed by atoms with Gasteiger partial charge in [-0.25, -0.2) is 4.98 Å². The van der Waals surface area contributed by atoms with Gasteiger partial charge in [0.2, 0.25) is 18.6 Å². The van der Waals surface area contributed by atoms with Gasteiger partial charge in [0.05, 0.1) is 17.2 Å². The second-order valence-electron chi connectivity index (χ2n) is 6.57.